The second-order valence-electron chi connectivity index (χ2n) is 3.93. The van der Waals surface area contributed by atoms with Crippen LogP contribution in [0, 0.1) is 6.92 Å². The molecule has 0 spiro atoms. The van der Waals surface area contributed by atoms with Crippen molar-refractivity contribution in [2.75, 3.05) is 5.06 Å². The lowest BCUT2D eigenvalue weighted by Gasteiger charge is -2.16. The van der Waals surface area contributed by atoms with Crippen LogP contribution in [0.4, 0.5) is 5.69 Å². The van der Waals surface area contributed by atoms with E-state index in [0.29, 0.717) is 15.6 Å². The summed E-state index contributed by atoms with van der Waals surface area (Å²) in [6, 6.07) is 13.6. The number of nitrogens with zero attached hydrogens (tertiary/aromatic N) is 1. The quantitative estimate of drug-likeness (QED) is 0.662. The molecule has 0 radical (unpaired) electrons. The number of hydrogen-bond acceptors (Lipinski definition) is 2. The van der Waals surface area contributed by atoms with E-state index >= 15 is 0 Å². The molecule has 2 aromatic rings. The zero-order chi connectivity index (χ0) is 13.1. The number of aryl methyl sites for hydroxylation is 1. The van der Waals surface area contributed by atoms with Crippen molar-refractivity contribution in [3.05, 3.63) is 64.7 Å². The van der Waals surface area contributed by atoms with E-state index in [0.717, 1.165) is 5.56 Å². The Morgan fingerprint density at radius 2 is 1.72 bits per heavy atom. The van der Waals surface area contributed by atoms with Crippen molar-refractivity contribution < 1.29 is 10.0 Å². The summed E-state index contributed by atoms with van der Waals surface area (Å²) in [5.74, 6) is -0.511. The molecule has 0 heterocycles. The predicted molar refractivity (Wildman–Crippen MR) is 71.2 cm³/mol. The second kappa shape index (κ2) is 5.21. The normalized spacial score (nSPS) is 10.2. The highest BCUT2D eigenvalue weighted by Gasteiger charge is 2.17. The lowest BCUT2D eigenvalue weighted by molar-refractivity contribution is 0.0855. The maximum Gasteiger partial charge on any atom is 0.282 e. The van der Waals surface area contributed by atoms with E-state index in [9.17, 15) is 10.0 Å². The molecule has 0 saturated heterocycles. The number of amides is 1. The third-order valence-corrected chi connectivity index (χ3v) is 2.89. The summed E-state index contributed by atoms with van der Waals surface area (Å²) in [7, 11) is 0. The summed E-state index contributed by atoms with van der Waals surface area (Å²) in [5.41, 5.74) is 1.72. The molecule has 2 aromatic carbocycles. The number of carbonyl (C=O) groups is 1. The number of para-hydroxylation sites is 1. The van der Waals surface area contributed by atoms with Crippen molar-refractivity contribution in [1.82, 2.24) is 0 Å². The molecule has 0 unspecified atom stereocenters. The Bertz CT molecular complexity index is 566. The molecule has 0 aliphatic rings. The van der Waals surface area contributed by atoms with Gasteiger partial charge in [0.2, 0.25) is 0 Å². The van der Waals surface area contributed by atoms with Gasteiger partial charge in [-0.05, 0) is 31.2 Å². The molecule has 0 saturated carbocycles. The predicted octanol–water partition coefficient (Wildman–Crippen LogP) is 3.68. The lowest BCUT2D eigenvalue weighted by atomic mass is 10.1. The maximum atomic E-state index is 12.0. The Labute approximate surface area is 110 Å². The second-order valence-corrected chi connectivity index (χ2v) is 4.34. The molecular weight excluding hydrogens is 250 g/mol. The smallest absolute Gasteiger partial charge is 0.281 e. The van der Waals surface area contributed by atoms with Crippen molar-refractivity contribution in [3.8, 4) is 0 Å². The van der Waals surface area contributed by atoms with Gasteiger partial charge in [0.05, 0.1) is 10.7 Å². The molecule has 0 aliphatic carbocycles. The number of benzene rings is 2. The monoisotopic (exact) mass is 261 g/mol. The Balaban J connectivity index is 2.29. The SMILES string of the molecule is Cc1ccc(C(=O)N(O)c2ccccc2Cl)cc1. The minimum absolute atomic E-state index is 0.268. The van der Waals surface area contributed by atoms with Gasteiger partial charge >= 0.3 is 0 Å². The average Bonchev–Trinajstić information content (AvgIpc) is 2.38. The largest absolute Gasteiger partial charge is 0.282 e. The van der Waals surface area contributed by atoms with Crippen LogP contribution in [0.15, 0.2) is 48.5 Å². The molecule has 0 aromatic heterocycles. The van der Waals surface area contributed by atoms with E-state index in [1.165, 1.54) is 0 Å². The van der Waals surface area contributed by atoms with Crippen LogP contribution in [0.3, 0.4) is 0 Å². The Hall–Kier alpha value is -1.84. The van der Waals surface area contributed by atoms with Gasteiger partial charge in [-0.25, -0.2) is 0 Å². The Morgan fingerprint density at radius 3 is 2.33 bits per heavy atom. The molecule has 1 N–H and O–H groups in total. The van der Waals surface area contributed by atoms with E-state index in [2.05, 4.69) is 0 Å². The number of halogens is 1. The minimum Gasteiger partial charge on any atom is -0.281 e. The first-order valence-electron chi connectivity index (χ1n) is 5.44. The number of hydroxylamine groups is 1. The molecule has 3 nitrogen and oxygen atoms in total. The van der Waals surface area contributed by atoms with Crippen LogP contribution >= 0.6 is 11.6 Å². The Kier molecular flexibility index (Phi) is 3.65. The van der Waals surface area contributed by atoms with Crippen molar-refractivity contribution in [3.63, 3.8) is 0 Å². The van der Waals surface area contributed by atoms with Crippen LogP contribution in [0.25, 0.3) is 0 Å². The van der Waals surface area contributed by atoms with Crippen molar-refractivity contribution in [2.45, 2.75) is 6.92 Å². The van der Waals surface area contributed by atoms with Crippen LogP contribution < -0.4 is 5.06 Å². The minimum atomic E-state index is -0.511. The highest BCUT2D eigenvalue weighted by molar-refractivity contribution is 6.33. The molecule has 0 atom stereocenters. The van der Waals surface area contributed by atoms with Gasteiger partial charge in [-0.1, -0.05) is 41.4 Å². The van der Waals surface area contributed by atoms with Gasteiger partial charge < -0.3 is 0 Å². The summed E-state index contributed by atoms with van der Waals surface area (Å²) >= 11 is 5.92. The van der Waals surface area contributed by atoms with Crippen molar-refractivity contribution >= 4 is 23.2 Å². The fourth-order valence-corrected chi connectivity index (χ4v) is 1.77. The Morgan fingerprint density at radius 1 is 1.11 bits per heavy atom. The van der Waals surface area contributed by atoms with Gasteiger partial charge in [0, 0.05) is 5.56 Å². The van der Waals surface area contributed by atoms with Gasteiger partial charge in [0.1, 0.15) is 0 Å². The number of rotatable bonds is 2. The molecule has 0 fully saturated rings. The van der Waals surface area contributed by atoms with Crippen LogP contribution in [0.1, 0.15) is 15.9 Å². The summed E-state index contributed by atoms with van der Waals surface area (Å²) in [5, 5.41) is 10.8. The van der Waals surface area contributed by atoms with Gasteiger partial charge in [0.25, 0.3) is 5.91 Å². The van der Waals surface area contributed by atoms with E-state index in [1.54, 1.807) is 36.4 Å². The van der Waals surface area contributed by atoms with Crippen LogP contribution in [0.5, 0.6) is 0 Å². The first kappa shape index (κ1) is 12.6. The fourth-order valence-electron chi connectivity index (χ4n) is 1.55. The lowest BCUT2D eigenvalue weighted by Crippen LogP contribution is -2.27. The van der Waals surface area contributed by atoms with E-state index in [-0.39, 0.29) is 5.69 Å². The van der Waals surface area contributed by atoms with Crippen molar-refractivity contribution in [2.24, 2.45) is 0 Å². The van der Waals surface area contributed by atoms with Crippen molar-refractivity contribution in [1.29, 1.82) is 0 Å². The van der Waals surface area contributed by atoms with E-state index in [4.69, 9.17) is 11.6 Å². The summed E-state index contributed by atoms with van der Waals surface area (Å²) < 4.78 is 0. The topological polar surface area (TPSA) is 40.5 Å². The molecule has 0 bridgehead atoms. The first-order chi connectivity index (χ1) is 8.59. The number of hydrogen-bond donors (Lipinski definition) is 1. The highest BCUT2D eigenvalue weighted by atomic mass is 35.5. The molecule has 1 amide bonds. The summed E-state index contributed by atoms with van der Waals surface area (Å²) in [4.78, 5) is 12.0. The van der Waals surface area contributed by atoms with E-state index in [1.807, 2.05) is 19.1 Å². The molecule has 92 valence electrons. The maximum absolute atomic E-state index is 12.0. The highest BCUT2D eigenvalue weighted by Crippen LogP contribution is 2.25. The third-order valence-electron chi connectivity index (χ3n) is 2.57. The molecule has 4 heteroatoms. The van der Waals surface area contributed by atoms with Crippen LogP contribution in [-0.4, -0.2) is 11.1 Å². The number of carbonyl (C=O) groups excluding carboxylic acids is 1. The fraction of sp³-hybridized carbons (Fsp3) is 0.0714. The number of anilines is 1. The van der Waals surface area contributed by atoms with Gasteiger partial charge in [-0.3, -0.25) is 10.0 Å². The van der Waals surface area contributed by atoms with Gasteiger partial charge in [-0.15, -0.1) is 0 Å². The van der Waals surface area contributed by atoms with Gasteiger partial charge in [0.15, 0.2) is 0 Å². The molecule has 18 heavy (non-hydrogen) atoms. The summed E-state index contributed by atoms with van der Waals surface area (Å²) in [6.45, 7) is 1.93. The molecular formula is C14H12ClNO2. The third kappa shape index (κ3) is 2.53. The zero-order valence-corrected chi connectivity index (χ0v) is 10.6. The van der Waals surface area contributed by atoms with E-state index < -0.39 is 5.91 Å². The molecule has 0 aliphatic heterocycles. The zero-order valence-electron chi connectivity index (χ0n) is 9.80. The first-order valence-corrected chi connectivity index (χ1v) is 5.82. The molecule has 2 rings (SSSR count). The summed E-state index contributed by atoms with van der Waals surface area (Å²) in [6.07, 6.45) is 0. The van der Waals surface area contributed by atoms with Gasteiger partial charge in [-0.2, -0.15) is 5.06 Å². The van der Waals surface area contributed by atoms with Crippen LogP contribution in [-0.2, 0) is 0 Å². The average molecular weight is 262 g/mol. The standard InChI is InChI=1S/C14H12ClNO2/c1-10-6-8-11(9-7-10)14(17)16(18)13-5-3-2-4-12(13)15/h2-9,18H,1H3. The van der Waals surface area contributed by atoms with Crippen LogP contribution in [0.2, 0.25) is 5.02 Å².